The molecule has 78 valence electrons. The van der Waals surface area contributed by atoms with Crippen molar-refractivity contribution in [2.75, 3.05) is 0 Å². The van der Waals surface area contributed by atoms with Crippen LogP contribution < -0.4 is 5.73 Å². The van der Waals surface area contributed by atoms with Crippen molar-refractivity contribution in [3.05, 3.63) is 12.7 Å². The molecule has 1 unspecified atom stereocenters. The third kappa shape index (κ3) is 9.62. The zero-order chi connectivity index (χ0) is 9.94. The Morgan fingerprint density at radius 3 is 2.46 bits per heavy atom. The minimum Gasteiger partial charge on any atom is -0.328 e. The van der Waals surface area contributed by atoms with E-state index >= 15 is 0 Å². The zero-order valence-corrected chi connectivity index (χ0v) is 9.10. The molecule has 0 aliphatic carbocycles. The van der Waals surface area contributed by atoms with Crippen LogP contribution in [0, 0.1) is 0 Å². The topological polar surface area (TPSA) is 26.0 Å². The molecule has 1 atom stereocenters. The largest absolute Gasteiger partial charge is 0.328 e. The Morgan fingerprint density at radius 2 is 1.85 bits per heavy atom. The van der Waals surface area contributed by atoms with Crippen LogP contribution in [-0.4, -0.2) is 6.04 Å². The summed E-state index contributed by atoms with van der Waals surface area (Å²) >= 11 is 0. The van der Waals surface area contributed by atoms with Crippen LogP contribution in [0.25, 0.3) is 0 Å². The van der Waals surface area contributed by atoms with E-state index in [1.807, 2.05) is 6.08 Å². The molecule has 1 heteroatoms. The van der Waals surface area contributed by atoms with Crippen LogP contribution in [-0.2, 0) is 0 Å². The van der Waals surface area contributed by atoms with Crippen LogP contribution in [0.5, 0.6) is 0 Å². The van der Waals surface area contributed by atoms with E-state index < -0.39 is 0 Å². The number of hydrogen-bond donors (Lipinski definition) is 1. The molecule has 13 heavy (non-hydrogen) atoms. The molecule has 0 aromatic heterocycles. The maximum absolute atomic E-state index is 5.96. The smallest absolute Gasteiger partial charge is 0.00389 e. The summed E-state index contributed by atoms with van der Waals surface area (Å²) in [5.74, 6) is 0. The molecule has 1 nitrogen and oxygen atoms in total. The van der Waals surface area contributed by atoms with Gasteiger partial charge in [-0.15, -0.1) is 6.58 Å². The Balaban J connectivity index is 3.09. The van der Waals surface area contributed by atoms with E-state index in [2.05, 4.69) is 13.5 Å². The first-order chi connectivity index (χ1) is 6.31. The quantitative estimate of drug-likeness (QED) is 0.428. The van der Waals surface area contributed by atoms with Crippen LogP contribution in [0.15, 0.2) is 12.7 Å². The Bertz CT molecular complexity index is 110. The molecule has 0 heterocycles. The number of unbranched alkanes of at least 4 members (excludes halogenated alkanes) is 4. The Morgan fingerprint density at radius 1 is 1.15 bits per heavy atom. The second-order valence-corrected chi connectivity index (χ2v) is 3.83. The molecular weight excluding hydrogens is 158 g/mol. The normalized spacial score (nSPS) is 12.8. The first-order valence-electron chi connectivity index (χ1n) is 5.67. The Hall–Kier alpha value is -0.300. The highest BCUT2D eigenvalue weighted by Gasteiger charge is 2.00. The molecule has 0 amide bonds. The van der Waals surface area contributed by atoms with Crippen molar-refractivity contribution in [3.63, 3.8) is 0 Å². The van der Waals surface area contributed by atoms with Crippen LogP contribution in [0.4, 0.5) is 0 Å². The summed E-state index contributed by atoms with van der Waals surface area (Å²) in [7, 11) is 0. The van der Waals surface area contributed by atoms with Crippen molar-refractivity contribution in [2.45, 2.75) is 64.3 Å². The van der Waals surface area contributed by atoms with Gasteiger partial charge in [-0.3, -0.25) is 0 Å². The summed E-state index contributed by atoms with van der Waals surface area (Å²) in [5, 5.41) is 0. The van der Waals surface area contributed by atoms with Gasteiger partial charge in [0.15, 0.2) is 0 Å². The third-order valence-corrected chi connectivity index (χ3v) is 2.41. The van der Waals surface area contributed by atoms with Crippen molar-refractivity contribution < 1.29 is 0 Å². The van der Waals surface area contributed by atoms with Gasteiger partial charge in [0.25, 0.3) is 0 Å². The van der Waals surface area contributed by atoms with E-state index in [1.54, 1.807) is 0 Å². The van der Waals surface area contributed by atoms with Crippen LogP contribution in [0.1, 0.15) is 58.3 Å². The zero-order valence-electron chi connectivity index (χ0n) is 9.10. The van der Waals surface area contributed by atoms with E-state index in [4.69, 9.17) is 5.73 Å². The minimum absolute atomic E-state index is 0.428. The van der Waals surface area contributed by atoms with Crippen LogP contribution in [0.3, 0.4) is 0 Å². The van der Waals surface area contributed by atoms with E-state index in [0.29, 0.717) is 6.04 Å². The van der Waals surface area contributed by atoms with Gasteiger partial charge in [-0.25, -0.2) is 0 Å². The average Bonchev–Trinajstić information content (AvgIpc) is 2.13. The third-order valence-electron chi connectivity index (χ3n) is 2.41. The summed E-state index contributed by atoms with van der Waals surface area (Å²) in [5.41, 5.74) is 5.96. The fourth-order valence-corrected chi connectivity index (χ4v) is 1.50. The molecule has 0 spiro atoms. The second-order valence-electron chi connectivity index (χ2n) is 3.83. The molecule has 0 fully saturated rings. The fourth-order valence-electron chi connectivity index (χ4n) is 1.50. The monoisotopic (exact) mass is 183 g/mol. The minimum atomic E-state index is 0.428. The first-order valence-corrected chi connectivity index (χ1v) is 5.67. The van der Waals surface area contributed by atoms with E-state index in [-0.39, 0.29) is 0 Å². The van der Waals surface area contributed by atoms with Gasteiger partial charge in [-0.1, -0.05) is 38.7 Å². The highest BCUT2D eigenvalue weighted by Crippen LogP contribution is 2.08. The molecule has 0 radical (unpaired) electrons. The maximum atomic E-state index is 5.96. The van der Waals surface area contributed by atoms with E-state index in [9.17, 15) is 0 Å². The van der Waals surface area contributed by atoms with E-state index in [1.165, 1.54) is 38.5 Å². The molecule has 0 bridgehead atoms. The standard InChI is InChI=1S/C12H25N/c1-3-5-7-9-11-12(13)10-8-6-4-2/h4,12H,2-3,5-11,13H2,1H3. The van der Waals surface area contributed by atoms with Gasteiger partial charge in [0.1, 0.15) is 0 Å². The van der Waals surface area contributed by atoms with Crippen molar-refractivity contribution in [2.24, 2.45) is 5.73 Å². The molecule has 0 saturated heterocycles. The molecule has 0 aliphatic rings. The van der Waals surface area contributed by atoms with Gasteiger partial charge in [0.2, 0.25) is 0 Å². The van der Waals surface area contributed by atoms with E-state index in [0.717, 1.165) is 12.8 Å². The van der Waals surface area contributed by atoms with Gasteiger partial charge in [-0.2, -0.15) is 0 Å². The van der Waals surface area contributed by atoms with Gasteiger partial charge in [0.05, 0.1) is 0 Å². The van der Waals surface area contributed by atoms with Gasteiger partial charge >= 0.3 is 0 Å². The van der Waals surface area contributed by atoms with Crippen LogP contribution >= 0.6 is 0 Å². The summed E-state index contributed by atoms with van der Waals surface area (Å²) in [6, 6.07) is 0.428. The fraction of sp³-hybridized carbons (Fsp3) is 0.833. The first kappa shape index (κ1) is 12.7. The summed E-state index contributed by atoms with van der Waals surface area (Å²) in [4.78, 5) is 0. The Kier molecular flexibility index (Phi) is 9.56. The summed E-state index contributed by atoms with van der Waals surface area (Å²) < 4.78 is 0. The highest BCUT2D eigenvalue weighted by atomic mass is 14.6. The van der Waals surface area contributed by atoms with Gasteiger partial charge in [-0.05, 0) is 25.7 Å². The van der Waals surface area contributed by atoms with Gasteiger partial charge < -0.3 is 5.73 Å². The SMILES string of the molecule is C=CCCCC(N)CCCCCC. The lowest BCUT2D eigenvalue weighted by molar-refractivity contribution is 0.509. The predicted molar refractivity (Wildman–Crippen MR) is 60.8 cm³/mol. The molecule has 0 aromatic carbocycles. The molecule has 0 aromatic rings. The predicted octanol–water partition coefficient (Wildman–Crippen LogP) is 3.64. The maximum Gasteiger partial charge on any atom is 0.00389 e. The molecule has 0 saturated carbocycles. The van der Waals surface area contributed by atoms with Crippen molar-refractivity contribution in [1.82, 2.24) is 0 Å². The van der Waals surface area contributed by atoms with Crippen molar-refractivity contribution >= 4 is 0 Å². The second kappa shape index (κ2) is 9.79. The lowest BCUT2D eigenvalue weighted by Gasteiger charge is -2.09. The summed E-state index contributed by atoms with van der Waals surface area (Å²) in [6.45, 7) is 5.94. The van der Waals surface area contributed by atoms with Crippen molar-refractivity contribution in [3.8, 4) is 0 Å². The van der Waals surface area contributed by atoms with Gasteiger partial charge in [0, 0.05) is 6.04 Å². The number of nitrogens with two attached hydrogens (primary N) is 1. The highest BCUT2D eigenvalue weighted by molar-refractivity contribution is 4.69. The van der Waals surface area contributed by atoms with Crippen molar-refractivity contribution in [1.29, 1.82) is 0 Å². The molecule has 2 N–H and O–H groups in total. The van der Waals surface area contributed by atoms with Crippen LogP contribution in [0.2, 0.25) is 0 Å². The summed E-state index contributed by atoms with van der Waals surface area (Å²) in [6.07, 6.45) is 12.0. The average molecular weight is 183 g/mol. The molecular formula is C12H25N. The Labute approximate surface area is 83.4 Å². The lowest BCUT2D eigenvalue weighted by atomic mass is 10.0. The number of rotatable bonds is 9. The molecule has 0 aliphatic heterocycles. The number of allylic oxidation sites excluding steroid dienone is 1. The number of hydrogen-bond acceptors (Lipinski definition) is 1. The lowest BCUT2D eigenvalue weighted by Crippen LogP contribution is -2.19. The molecule has 0 rings (SSSR count).